The molecule has 0 aliphatic carbocycles. The third kappa shape index (κ3) is 2.15. The third-order valence-electron chi connectivity index (χ3n) is 4.45. The second-order valence-electron chi connectivity index (χ2n) is 5.72. The Hall–Kier alpha value is -2.37. The number of aliphatic imine (C=N–C) groups is 1. The first-order valence-electron chi connectivity index (χ1n) is 7.84. The van der Waals surface area contributed by atoms with Gasteiger partial charge in [0, 0.05) is 32.2 Å². The molecule has 1 N–H and O–H groups in total. The number of guanidine groups is 1. The Kier molecular flexibility index (Phi) is 3.29. The summed E-state index contributed by atoms with van der Waals surface area (Å²) in [6.45, 7) is 2.67. The van der Waals surface area contributed by atoms with Crippen molar-refractivity contribution in [3.63, 3.8) is 0 Å². The Morgan fingerprint density at radius 3 is 3.05 bits per heavy atom. The standard InChI is InChI=1S/C16H20N6/c1-17-16(21-10-8-12-5-2-3-6-13(12)21)18-11-15-20-19-14-7-4-9-22(14)15/h2-3,5-6H,4,7-11H2,1H3,(H,17,18). The summed E-state index contributed by atoms with van der Waals surface area (Å²) in [6.07, 6.45) is 3.28. The first-order valence-corrected chi connectivity index (χ1v) is 7.84. The van der Waals surface area contributed by atoms with Crippen LogP contribution in [0, 0.1) is 0 Å². The molecule has 6 heteroatoms. The van der Waals surface area contributed by atoms with E-state index in [1.165, 1.54) is 17.7 Å². The number of para-hydroxylation sites is 1. The van der Waals surface area contributed by atoms with E-state index in [1.54, 1.807) is 0 Å². The van der Waals surface area contributed by atoms with Crippen molar-refractivity contribution in [3.8, 4) is 0 Å². The fourth-order valence-corrected chi connectivity index (χ4v) is 3.35. The van der Waals surface area contributed by atoms with E-state index in [0.717, 1.165) is 43.5 Å². The summed E-state index contributed by atoms with van der Waals surface area (Å²) in [5, 5.41) is 12.0. The molecule has 0 unspecified atom stereocenters. The van der Waals surface area contributed by atoms with Gasteiger partial charge in [0.15, 0.2) is 11.8 Å². The van der Waals surface area contributed by atoms with Gasteiger partial charge in [-0.05, 0) is 24.5 Å². The monoisotopic (exact) mass is 296 g/mol. The number of hydrogen-bond acceptors (Lipinski definition) is 3. The number of fused-ring (bicyclic) bond motifs is 2. The first kappa shape index (κ1) is 13.3. The molecule has 0 saturated heterocycles. The topological polar surface area (TPSA) is 58.3 Å². The zero-order chi connectivity index (χ0) is 14.9. The summed E-state index contributed by atoms with van der Waals surface area (Å²) < 4.78 is 2.22. The average Bonchev–Trinajstić information content (AvgIpc) is 3.24. The Labute approximate surface area is 129 Å². The van der Waals surface area contributed by atoms with Crippen molar-refractivity contribution >= 4 is 11.6 Å². The number of nitrogens with zero attached hydrogens (tertiary/aromatic N) is 5. The molecule has 0 saturated carbocycles. The van der Waals surface area contributed by atoms with Gasteiger partial charge in [-0.1, -0.05) is 18.2 Å². The number of aryl methyl sites for hydroxylation is 1. The molecule has 22 heavy (non-hydrogen) atoms. The molecular weight excluding hydrogens is 276 g/mol. The van der Waals surface area contributed by atoms with Crippen LogP contribution in [-0.4, -0.2) is 34.3 Å². The number of anilines is 1. The van der Waals surface area contributed by atoms with Crippen LogP contribution < -0.4 is 10.2 Å². The zero-order valence-corrected chi connectivity index (χ0v) is 12.8. The van der Waals surface area contributed by atoms with Crippen LogP contribution in [0.3, 0.4) is 0 Å². The van der Waals surface area contributed by atoms with E-state index in [2.05, 4.69) is 54.2 Å². The van der Waals surface area contributed by atoms with E-state index in [-0.39, 0.29) is 0 Å². The number of rotatable bonds is 2. The van der Waals surface area contributed by atoms with Gasteiger partial charge in [0.1, 0.15) is 5.82 Å². The second kappa shape index (κ2) is 5.44. The van der Waals surface area contributed by atoms with Crippen molar-refractivity contribution in [2.24, 2.45) is 4.99 Å². The van der Waals surface area contributed by atoms with E-state index in [1.807, 2.05) is 7.05 Å². The quantitative estimate of drug-likeness (QED) is 0.671. The lowest BCUT2D eigenvalue weighted by molar-refractivity contribution is 0.667. The van der Waals surface area contributed by atoms with Crippen LogP contribution in [0.4, 0.5) is 5.69 Å². The highest BCUT2D eigenvalue weighted by Crippen LogP contribution is 2.27. The van der Waals surface area contributed by atoms with Crippen LogP contribution in [0.25, 0.3) is 0 Å². The van der Waals surface area contributed by atoms with Crippen molar-refractivity contribution < 1.29 is 0 Å². The molecule has 3 heterocycles. The maximum atomic E-state index is 4.44. The van der Waals surface area contributed by atoms with Crippen LogP contribution in [0.1, 0.15) is 23.6 Å². The van der Waals surface area contributed by atoms with Crippen LogP contribution in [0.2, 0.25) is 0 Å². The number of aromatic nitrogens is 3. The Balaban J connectivity index is 1.50. The lowest BCUT2D eigenvalue weighted by atomic mass is 10.2. The van der Waals surface area contributed by atoms with Crippen molar-refractivity contribution in [3.05, 3.63) is 41.5 Å². The van der Waals surface area contributed by atoms with Gasteiger partial charge in [0.2, 0.25) is 0 Å². The minimum atomic E-state index is 0.665. The second-order valence-corrected chi connectivity index (χ2v) is 5.72. The Morgan fingerprint density at radius 2 is 2.14 bits per heavy atom. The van der Waals surface area contributed by atoms with Crippen LogP contribution >= 0.6 is 0 Å². The van der Waals surface area contributed by atoms with Gasteiger partial charge in [0.05, 0.1) is 6.54 Å². The smallest absolute Gasteiger partial charge is 0.198 e. The lowest BCUT2D eigenvalue weighted by Crippen LogP contribution is -2.40. The van der Waals surface area contributed by atoms with Crippen molar-refractivity contribution in [2.45, 2.75) is 32.4 Å². The number of benzene rings is 1. The molecule has 2 aliphatic heterocycles. The molecule has 0 radical (unpaired) electrons. The Morgan fingerprint density at radius 1 is 1.23 bits per heavy atom. The van der Waals surface area contributed by atoms with E-state index in [4.69, 9.17) is 0 Å². The molecule has 1 aromatic heterocycles. The third-order valence-corrected chi connectivity index (χ3v) is 4.45. The predicted octanol–water partition coefficient (Wildman–Crippen LogP) is 1.36. The largest absolute Gasteiger partial charge is 0.349 e. The zero-order valence-electron chi connectivity index (χ0n) is 12.8. The molecule has 1 aromatic carbocycles. The molecule has 0 fully saturated rings. The summed E-state index contributed by atoms with van der Waals surface area (Å²) in [5.41, 5.74) is 2.64. The van der Waals surface area contributed by atoms with Gasteiger partial charge < -0.3 is 14.8 Å². The minimum absolute atomic E-state index is 0.665. The summed E-state index contributed by atoms with van der Waals surface area (Å²) in [5.74, 6) is 3.01. The maximum absolute atomic E-state index is 4.44. The molecular formula is C16H20N6. The van der Waals surface area contributed by atoms with Crippen LogP contribution in [0.15, 0.2) is 29.3 Å². The van der Waals surface area contributed by atoms with E-state index >= 15 is 0 Å². The molecule has 4 rings (SSSR count). The molecule has 6 nitrogen and oxygen atoms in total. The summed E-state index contributed by atoms with van der Waals surface area (Å²) in [7, 11) is 1.83. The van der Waals surface area contributed by atoms with Crippen LogP contribution in [0.5, 0.6) is 0 Å². The fraction of sp³-hybridized carbons (Fsp3) is 0.438. The normalized spacial score (nSPS) is 16.8. The van der Waals surface area contributed by atoms with Crippen molar-refractivity contribution in [2.75, 3.05) is 18.5 Å². The van der Waals surface area contributed by atoms with Gasteiger partial charge in [-0.15, -0.1) is 10.2 Å². The van der Waals surface area contributed by atoms with E-state index in [9.17, 15) is 0 Å². The summed E-state index contributed by atoms with van der Waals surface area (Å²) in [4.78, 5) is 6.68. The molecule has 114 valence electrons. The minimum Gasteiger partial charge on any atom is -0.349 e. The van der Waals surface area contributed by atoms with E-state index in [0.29, 0.717) is 6.54 Å². The fourth-order valence-electron chi connectivity index (χ4n) is 3.35. The average molecular weight is 296 g/mol. The van der Waals surface area contributed by atoms with Gasteiger partial charge in [0.25, 0.3) is 0 Å². The lowest BCUT2D eigenvalue weighted by Gasteiger charge is -2.22. The molecule has 2 aromatic rings. The Bertz CT molecular complexity index is 717. The number of nitrogens with one attached hydrogen (secondary N) is 1. The molecule has 0 bridgehead atoms. The van der Waals surface area contributed by atoms with Crippen molar-refractivity contribution in [1.82, 2.24) is 20.1 Å². The SMILES string of the molecule is CN=C(NCc1nnc2n1CCC2)N1CCc2ccccc21. The highest BCUT2D eigenvalue weighted by molar-refractivity contribution is 5.97. The summed E-state index contributed by atoms with van der Waals surface area (Å²) >= 11 is 0. The highest BCUT2D eigenvalue weighted by Gasteiger charge is 2.23. The molecule has 0 spiro atoms. The molecule has 0 amide bonds. The summed E-state index contributed by atoms with van der Waals surface area (Å²) in [6, 6.07) is 8.52. The maximum Gasteiger partial charge on any atom is 0.198 e. The van der Waals surface area contributed by atoms with E-state index < -0.39 is 0 Å². The highest BCUT2D eigenvalue weighted by atomic mass is 15.3. The van der Waals surface area contributed by atoms with Crippen LogP contribution in [-0.2, 0) is 25.9 Å². The van der Waals surface area contributed by atoms with Gasteiger partial charge in [-0.25, -0.2) is 0 Å². The van der Waals surface area contributed by atoms with Gasteiger partial charge in [-0.2, -0.15) is 0 Å². The van der Waals surface area contributed by atoms with Gasteiger partial charge in [-0.3, -0.25) is 4.99 Å². The molecule has 2 aliphatic rings. The van der Waals surface area contributed by atoms with Gasteiger partial charge >= 0.3 is 0 Å². The molecule has 0 atom stereocenters. The number of hydrogen-bond donors (Lipinski definition) is 1. The first-order chi connectivity index (χ1) is 10.9. The predicted molar refractivity (Wildman–Crippen MR) is 86.0 cm³/mol. The van der Waals surface area contributed by atoms with Crippen molar-refractivity contribution in [1.29, 1.82) is 0 Å².